The van der Waals surface area contributed by atoms with E-state index in [1.807, 2.05) is 18.7 Å². The molecule has 0 radical (unpaired) electrons. The fourth-order valence-electron chi connectivity index (χ4n) is 1.49. The van der Waals surface area contributed by atoms with E-state index in [2.05, 4.69) is 10.3 Å². The molecule has 0 spiro atoms. The number of rotatable bonds is 5. The summed E-state index contributed by atoms with van der Waals surface area (Å²) in [6.07, 6.45) is 1.43. The molecule has 4 nitrogen and oxygen atoms in total. The van der Waals surface area contributed by atoms with Crippen LogP contribution in [0.3, 0.4) is 0 Å². The van der Waals surface area contributed by atoms with E-state index in [-0.39, 0.29) is 11.2 Å². The highest BCUT2D eigenvalue weighted by molar-refractivity contribution is 8.23. The van der Waals surface area contributed by atoms with Crippen LogP contribution in [0.15, 0.2) is 12.3 Å². The molecule has 1 amide bonds. The quantitative estimate of drug-likeness (QED) is 0.796. The summed E-state index contributed by atoms with van der Waals surface area (Å²) in [6.45, 7) is 7.49. The molecule has 1 aromatic rings. The van der Waals surface area contributed by atoms with E-state index in [1.54, 1.807) is 6.92 Å². The van der Waals surface area contributed by atoms with Crippen molar-refractivity contribution in [1.29, 1.82) is 0 Å². The highest BCUT2D eigenvalue weighted by Crippen LogP contribution is 2.24. The van der Waals surface area contributed by atoms with Crippen molar-refractivity contribution in [3.63, 3.8) is 0 Å². The Kier molecular flexibility index (Phi) is 7.73. The first-order chi connectivity index (χ1) is 9.88. The molecule has 1 heterocycles. The number of amides is 1. The monoisotopic (exact) mass is 365 g/mol. The van der Waals surface area contributed by atoms with Gasteiger partial charge in [0, 0.05) is 19.3 Å². The van der Waals surface area contributed by atoms with Crippen LogP contribution in [0.2, 0.25) is 10.0 Å². The van der Waals surface area contributed by atoms with Gasteiger partial charge in [-0.1, -0.05) is 47.2 Å². The highest BCUT2D eigenvalue weighted by Gasteiger charge is 2.19. The Morgan fingerprint density at radius 2 is 2.10 bits per heavy atom. The number of aromatic nitrogens is 1. The van der Waals surface area contributed by atoms with Gasteiger partial charge in [-0.3, -0.25) is 4.79 Å². The SMILES string of the molecule is CCN(CC)C(=S)S[C@@H](C)C(=O)Nc1ncc(Cl)cc1Cl. The maximum absolute atomic E-state index is 12.1. The van der Waals surface area contributed by atoms with Crippen LogP contribution in [0.5, 0.6) is 0 Å². The molecule has 0 aliphatic heterocycles. The summed E-state index contributed by atoms with van der Waals surface area (Å²) in [4.78, 5) is 18.2. The average Bonchev–Trinajstić information content (AvgIpc) is 2.43. The Morgan fingerprint density at radius 3 is 2.62 bits per heavy atom. The second kappa shape index (κ2) is 8.78. The fraction of sp³-hybridized carbons (Fsp3) is 0.462. The number of carbonyl (C=O) groups excluding carboxylic acids is 1. The molecule has 0 aromatic carbocycles. The normalized spacial score (nSPS) is 11.9. The van der Waals surface area contributed by atoms with Crippen molar-refractivity contribution in [3.05, 3.63) is 22.3 Å². The van der Waals surface area contributed by atoms with Gasteiger partial charge in [0.05, 0.1) is 15.3 Å². The van der Waals surface area contributed by atoms with E-state index in [4.69, 9.17) is 35.4 Å². The third-order valence-electron chi connectivity index (χ3n) is 2.72. The van der Waals surface area contributed by atoms with Crippen LogP contribution < -0.4 is 5.32 Å². The summed E-state index contributed by atoms with van der Waals surface area (Å²) < 4.78 is 0.706. The summed E-state index contributed by atoms with van der Waals surface area (Å²) in [5, 5.41) is 3.06. The van der Waals surface area contributed by atoms with Gasteiger partial charge in [0.25, 0.3) is 0 Å². The first-order valence-electron chi connectivity index (χ1n) is 6.46. The zero-order valence-electron chi connectivity index (χ0n) is 12.0. The maximum atomic E-state index is 12.1. The number of pyridine rings is 1. The first-order valence-corrected chi connectivity index (χ1v) is 8.50. The lowest BCUT2D eigenvalue weighted by Gasteiger charge is -2.22. The van der Waals surface area contributed by atoms with Gasteiger partial charge in [-0.15, -0.1) is 0 Å². The molecule has 0 aliphatic carbocycles. The summed E-state index contributed by atoms with van der Waals surface area (Å²) >= 11 is 18.4. The fourth-order valence-corrected chi connectivity index (χ4v) is 3.48. The molecule has 8 heteroatoms. The molecule has 0 bridgehead atoms. The minimum atomic E-state index is -0.341. The number of carbonyl (C=O) groups is 1. The van der Waals surface area contributed by atoms with Crippen molar-refractivity contribution in [3.8, 4) is 0 Å². The van der Waals surface area contributed by atoms with Gasteiger partial charge in [0.1, 0.15) is 4.32 Å². The third kappa shape index (κ3) is 5.62. The number of nitrogens with one attached hydrogen (secondary N) is 1. The van der Waals surface area contributed by atoms with E-state index < -0.39 is 0 Å². The molecule has 1 N–H and O–H groups in total. The van der Waals surface area contributed by atoms with Gasteiger partial charge < -0.3 is 10.2 Å². The lowest BCUT2D eigenvalue weighted by atomic mass is 10.4. The Labute approximate surface area is 144 Å². The van der Waals surface area contributed by atoms with Crippen LogP contribution in [-0.2, 0) is 4.79 Å². The van der Waals surface area contributed by atoms with Crippen LogP contribution in [-0.4, -0.2) is 38.5 Å². The number of anilines is 1. The van der Waals surface area contributed by atoms with Crippen molar-refractivity contribution < 1.29 is 4.79 Å². The Bertz CT molecular complexity index is 524. The lowest BCUT2D eigenvalue weighted by molar-refractivity contribution is -0.115. The lowest BCUT2D eigenvalue weighted by Crippen LogP contribution is -2.31. The Hall–Kier alpha value is -0.560. The number of thiocarbonyl (C=S) groups is 1. The number of hydrogen-bond acceptors (Lipinski definition) is 4. The van der Waals surface area contributed by atoms with Gasteiger partial charge in [-0.25, -0.2) is 4.98 Å². The first kappa shape index (κ1) is 18.5. The van der Waals surface area contributed by atoms with Gasteiger partial charge >= 0.3 is 0 Å². The Balaban J connectivity index is 2.64. The van der Waals surface area contributed by atoms with Gasteiger partial charge in [0.2, 0.25) is 5.91 Å². The third-order valence-corrected chi connectivity index (χ3v) is 4.79. The zero-order chi connectivity index (χ0) is 16.0. The van der Waals surface area contributed by atoms with Gasteiger partial charge in [0.15, 0.2) is 5.82 Å². The molecule has 0 saturated heterocycles. The Morgan fingerprint density at radius 1 is 1.48 bits per heavy atom. The number of nitrogens with zero attached hydrogens (tertiary/aromatic N) is 2. The molecular weight excluding hydrogens is 349 g/mol. The van der Waals surface area contributed by atoms with Crippen LogP contribution in [0.25, 0.3) is 0 Å². The predicted molar refractivity (Wildman–Crippen MR) is 95.5 cm³/mol. The summed E-state index contributed by atoms with van der Waals surface area (Å²) in [7, 11) is 0. The largest absolute Gasteiger partial charge is 0.358 e. The van der Waals surface area contributed by atoms with E-state index in [0.29, 0.717) is 20.2 Å². The highest BCUT2D eigenvalue weighted by atomic mass is 35.5. The average molecular weight is 366 g/mol. The minimum absolute atomic E-state index is 0.203. The summed E-state index contributed by atoms with van der Waals surface area (Å²) in [5.41, 5.74) is 0. The van der Waals surface area contributed by atoms with Crippen molar-refractivity contribution in [2.24, 2.45) is 0 Å². The topological polar surface area (TPSA) is 45.2 Å². The van der Waals surface area contributed by atoms with Crippen molar-refractivity contribution >= 4 is 63.2 Å². The zero-order valence-corrected chi connectivity index (χ0v) is 15.2. The predicted octanol–water partition coefficient (Wildman–Crippen LogP) is 4.08. The van der Waals surface area contributed by atoms with Crippen LogP contribution in [0.1, 0.15) is 20.8 Å². The van der Waals surface area contributed by atoms with E-state index in [0.717, 1.165) is 13.1 Å². The molecule has 21 heavy (non-hydrogen) atoms. The summed E-state index contributed by atoms with van der Waals surface area (Å²) in [6, 6.07) is 1.53. The van der Waals surface area contributed by atoms with Crippen molar-refractivity contribution in [2.75, 3.05) is 18.4 Å². The van der Waals surface area contributed by atoms with Crippen LogP contribution in [0, 0.1) is 0 Å². The molecule has 0 saturated carbocycles. The van der Waals surface area contributed by atoms with Crippen LogP contribution in [0.4, 0.5) is 5.82 Å². The molecule has 1 atom stereocenters. The molecular formula is C13H17Cl2N3OS2. The second-order valence-electron chi connectivity index (χ2n) is 4.17. The van der Waals surface area contributed by atoms with Crippen molar-refractivity contribution in [2.45, 2.75) is 26.0 Å². The van der Waals surface area contributed by atoms with Gasteiger partial charge in [-0.05, 0) is 26.8 Å². The smallest absolute Gasteiger partial charge is 0.238 e. The maximum Gasteiger partial charge on any atom is 0.238 e. The molecule has 0 fully saturated rings. The van der Waals surface area contributed by atoms with Crippen molar-refractivity contribution in [1.82, 2.24) is 9.88 Å². The number of hydrogen-bond donors (Lipinski definition) is 1. The number of halogens is 2. The van der Waals surface area contributed by atoms with Gasteiger partial charge in [-0.2, -0.15) is 0 Å². The summed E-state index contributed by atoms with van der Waals surface area (Å²) in [5.74, 6) is 0.0958. The van der Waals surface area contributed by atoms with E-state index >= 15 is 0 Å². The minimum Gasteiger partial charge on any atom is -0.358 e. The molecule has 116 valence electrons. The standard InChI is InChI=1S/C13H17Cl2N3OS2/c1-4-18(5-2)13(20)21-8(3)12(19)17-11-10(15)6-9(14)7-16-11/h6-8H,4-5H2,1-3H3,(H,16,17,19)/t8-/m0/s1. The van der Waals surface area contributed by atoms with E-state index in [1.165, 1.54) is 24.0 Å². The number of thioether (sulfide) groups is 1. The molecule has 0 unspecified atom stereocenters. The molecule has 1 rings (SSSR count). The molecule has 1 aromatic heterocycles. The molecule has 0 aliphatic rings. The second-order valence-corrected chi connectivity index (χ2v) is 6.99. The van der Waals surface area contributed by atoms with E-state index in [9.17, 15) is 4.79 Å². The van der Waals surface area contributed by atoms with Crippen LogP contribution >= 0.6 is 47.2 Å².